The summed E-state index contributed by atoms with van der Waals surface area (Å²) in [5.74, 6) is 0.113. The van der Waals surface area contributed by atoms with Crippen molar-refractivity contribution in [2.24, 2.45) is 5.92 Å². The number of halogens is 1. The summed E-state index contributed by atoms with van der Waals surface area (Å²) in [6.45, 7) is 1.99. The Balaban J connectivity index is 1.37. The van der Waals surface area contributed by atoms with Crippen molar-refractivity contribution in [3.63, 3.8) is 0 Å². The lowest BCUT2D eigenvalue weighted by Crippen LogP contribution is -2.25. The Morgan fingerprint density at radius 1 is 1.12 bits per heavy atom. The van der Waals surface area contributed by atoms with E-state index in [1.54, 1.807) is 0 Å². The van der Waals surface area contributed by atoms with E-state index in [-0.39, 0.29) is 23.0 Å². The van der Waals surface area contributed by atoms with Crippen LogP contribution in [0.1, 0.15) is 45.4 Å². The highest BCUT2D eigenvalue weighted by Crippen LogP contribution is 2.32. The molecule has 178 valence electrons. The SMILES string of the molecule is CCC(Sc1cccc(NC(=O)C2CCCCC2)c1)C(=O)Nc1nc(-c2ccccc2Cl)cs1. The van der Waals surface area contributed by atoms with Gasteiger partial charge in [-0.3, -0.25) is 9.59 Å². The smallest absolute Gasteiger partial charge is 0.239 e. The fraction of sp³-hybridized carbons (Fsp3) is 0.346. The zero-order valence-corrected chi connectivity index (χ0v) is 21.4. The standard InChI is InChI=1S/C26H28ClN3O2S2/c1-2-23(25(32)30-26-29-22(16-33-26)20-13-6-7-14-21(20)27)34-19-12-8-11-18(15-19)28-24(31)17-9-4-3-5-10-17/h6-8,11-17,23H,2-5,9-10H2,1H3,(H,28,31)(H,29,30,32). The normalized spacial score (nSPS) is 15.0. The predicted octanol–water partition coefficient (Wildman–Crippen LogP) is 7.49. The molecule has 5 nitrogen and oxygen atoms in total. The maximum atomic E-state index is 13.0. The third-order valence-electron chi connectivity index (χ3n) is 5.90. The number of carbonyl (C=O) groups excluding carboxylic acids is 2. The number of carbonyl (C=O) groups is 2. The van der Waals surface area contributed by atoms with Gasteiger partial charge in [0.2, 0.25) is 11.8 Å². The van der Waals surface area contributed by atoms with E-state index in [9.17, 15) is 9.59 Å². The van der Waals surface area contributed by atoms with Gasteiger partial charge >= 0.3 is 0 Å². The summed E-state index contributed by atoms with van der Waals surface area (Å²) >= 11 is 9.14. The molecule has 3 aromatic rings. The van der Waals surface area contributed by atoms with Crippen LogP contribution >= 0.6 is 34.7 Å². The number of rotatable bonds is 8. The van der Waals surface area contributed by atoms with Crippen LogP contribution in [-0.2, 0) is 9.59 Å². The molecule has 0 spiro atoms. The summed E-state index contributed by atoms with van der Waals surface area (Å²) in [5.41, 5.74) is 2.36. The first-order valence-electron chi connectivity index (χ1n) is 11.6. The van der Waals surface area contributed by atoms with Crippen molar-refractivity contribution in [2.75, 3.05) is 10.6 Å². The second-order valence-corrected chi connectivity index (χ2v) is 10.9. The Kier molecular flexibility index (Phi) is 8.64. The highest BCUT2D eigenvalue weighted by molar-refractivity contribution is 8.00. The van der Waals surface area contributed by atoms with Crippen LogP contribution in [0.2, 0.25) is 5.02 Å². The number of anilines is 2. The van der Waals surface area contributed by atoms with Crippen LogP contribution in [0.5, 0.6) is 0 Å². The predicted molar refractivity (Wildman–Crippen MR) is 143 cm³/mol. The molecule has 8 heteroatoms. The van der Waals surface area contributed by atoms with E-state index in [1.165, 1.54) is 29.5 Å². The van der Waals surface area contributed by atoms with E-state index in [0.717, 1.165) is 47.5 Å². The molecule has 0 aliphatic heterocycles. The van der Waals surface area contributed by atoms with Crippen LogP contribution < -0.4 is 10.6 Å². The lowest BCUT2D eigenvalue weighted by Gasteiger charge is -2.21. The van der Waals surface area contributed by atoms with Crippen molar-refractivity contribution in [3.05, 3.63) is 58.9 Å². The molecule has 1 unspecified atom stereocenters. The zero-order chi connectivity index (χ0) is 23.9. The second-order valence-electron chi connectivity index (χ2n) is 8.37. The molecule has 1 saturated carbocycles. The van der Waals surface area contributed by atoms with Crippen LogP contribution in [0.25, 0.3) is 11.3 Å². The minimum absolute atomic E-state index is 0.0933. The molecule has 1 aliphatic rings. The summed E-state index contributed by atoms with van der Waals surface area (Å²) < 4.78 is 0. The number of thioether (sulfide) groups is 1. The van der Waals surface area contributed by atoms with Crippen molar-refractivity contribution < 1.29 is 9.59 Å². The molecule has 2 amide bonds. The van der Waals surface area contributed by atoms with Crippen LogP contribution in [0.4, 0.5) is 10.8 Å². The molecular formula is C26H28ClN3O2S2. The number of amides is 2. The minimum Gasteiger partial charge on any atom is -0.326 e. The second kappa shape index (κ2) is 11.9. The maximum Gasteiger partial charge on any atom is 0.239 e. The first kappa shape index (κ1) is 24.8. The van der Waals surface area contributed by atoms with Crippen molar-refractivity contribution >= 4 is 57.3 Å². The Labute approximate surface area is 213 Å². The molecule has 4 rings (SSSR count). The molecule has 1 aliphatic carbocycles. The number of hydrogen-bond donors (Lipinski definition) is 2. The first-order chi connectivity index (χ1) is 16.5. The van der Waals surface area contributed by atoms with Gasteiger partial charge in [0, 0.05) is 32.5 Å². The molecule has 2 N–H and O–H groups in total. The Hall–Kier alpha value is -2.35. The van der Waals surface area contributed by atoms with Gasteiger partial charge in [-0.25, -0.2) is 4.98 Å². The number of benzene rings is 2. The van der Waals surface area contributed by atoms with Gasteiger partial charge < -0.3 is 10.6 Å². The van der Waals surface area contributed by atoms with Crippen molar-refractivity contribution in [1.82, 2.24) is 4.98 Å². The Morgan fingerprint density at radius 2 is 1.91 bits per heavy atom. The number of thiazole rings is 1. The summed E-state index contributed by atoms with van der Waals surface area (Å²) in [5, 5.41) is 8.80. The van der Waals surface area contributed by atoms with E-state index < -0.39 is 0 Å². The Bertz CT molecular complexity index is 1140. The van der Waals surface area contributed by atoms with Crippen molar-refractivity contribution in [2.45, 2.75) is 55.6 Å². The van der Waals surface area contributed by atoms with Gasteiger partial charge in [0.1, 0.15) is 0 Å². The molecule has 1 fully saturated rings. The molecule has 0 saturated heterocycles. The average Bonchev–Trinajstić information content (AvgIpc) is 3.31. The number of nitrogens with one attached hydrogen (secondary N) is 2. The first-order valence-corrected chi connectivity index (χ1v) is 13.8. The van der Waals surface area contributed by atoms with Crippen LogP contribution in [0, 0.1) is 5.92 Å². The molecule has 1 atom stereocenters. The fourth-order valence-corrected chi connectivity index (χ4v) is 6.01. The van der Waals surface area contributed by atoms with Gasteiger partial charge in [0.05, 0.1) is 10.9 Å². The molecule has 0 bridgehead atoms. The molecule has 1 aromatic heterocycles. The topological polar surface area (TPSA) is 71.1 Å². The Morgan fingerprint density at radius 3 is 2.68 bits per heavy atom. The van der Waals surface area contributed by atoms with Crippen LogP contribution in [-0.4, -0.2) is 22.0 Å². The molecule has 1 heterocycles. The summed E-state index contributed by atoms with van der Waals surface area (Å²) in [6.07, 6.45) is 6.07. The van der Waals surface area contributed by atoms with Gasteiger partial charge in [-0.1, -0.05) is 62.1 Å². The summed E-state index contributed by atoms with van der Waals surface area (Å²) in [7, 11) is 0. The maximum absolute atomic E-state index is 13.0. The van der Waals surface area contributed by atoms with Gasteiger partial charge in [-0.15, -0.1) is 23.1 Å². The van der Waals surface area contributed by atoms with E-state index >= 15 is 0 Å². The largest absolute Gasteiger partial charge is 0.326 e. The van der Waals surface area contributed by atoms with Crippen LogP contribution in [0.15, 0.2) is 58.8 Å². The van der Waals surface area contributed by atoms with Crippen molar-refractivity contribution in [1.29, 1.82) is 0 Å². The monoisotopic (exact) mass is 513 g/mol. The third kappa shape index (κ3) is 6.40. The number of aromatic nitrogens is 1. The number of hydrogen-bond acceptors (Lipinski definition) is 5. The molecule has 0 radical (unpaired) electrons. The van der Waals surface area contributed by atoms with Gasteiger partial charge in [0.15, 0.2) is 5.13 Å². The highest BCUT2D eigenvalue weighted by Gasteiger charge is 2.22. The van der Waals surface area contributed by atoms with E-state index in [0.29, 0.717) is 16.6 Å². The molecule has 2 aromatic carbocycles. The van der Waals surface area contributed by atoms with Crippen molar-refractivity contribution in [3.8, 4) is 11.3 Å². The quantitative estimate of drug-likeness (QED) is 0.306. The average molecular weight is 514 g/mol. The van der Waals surface area contributed by atoms with Crippen LogP contribution in [0.3, 0.4) is 0 Å². The summed E-state index contributed by atoms with van der Waals surface area (Å²) in [4.78, 5) is 31.1. The lowest BCUT2D eigenvalue weighted by atomic mass is 9.88. The van der Waals surface area contributed by atoms with E-state index in [1.807, 2.05) is 60.8 Å². The number of nitrogens with zero attached hydrogens (tertiary/aromatic N) is 1. The van der Waals surface area contributed by atoms with Gasteiger partial charge in [-0.05, 0) is 43.5 Å². The summed E-state index contributed by atoms with van der Waals surface area (Å²) in [6, 6.07) is 15.3. The zero-order valence-electron chi connectivity index (χ0n) is 19.1. The minimum atomic E-state index is -0.281. The molecule has 34 heavy (non-hydrogen) atoms. The lowest BCUT2D eigenvalue weighted by molar-refractivity contribution is -0.120. The van der Waals surface area contributed by atoms with Gasteiger partial charge in [0.25, 0.3) is 0 Å². The molecular weight excluding hydrogens is 486 g/mol. The van der Waals surface area contributed by atoms with E-state index in [2.05, 4.69) is 15.6 Å². The van der Waals surface area contributed by atoms with E-state index in [4.69, 9.17) is 11.6 Å². The third-order valence-corrected chi connectivity index (χ3v) is 8.35. The highest BCUT2D eigenvalue weighted by atomic mass is 35.5. The fourth-order valence-electron chi connectivity index (χ4n) is 4.05. The van der Waals surface area contributed by atoms with Gasteiger partial charge in [-0.2, -0.15) is 0 Å².